The number of aliphatic hydroxyl groups is 2. The van der Waals surface area contributed by atoms with E-state index in [0.29, 0.717) is 5.56 Å². The lowest BCUT2D eigenvalue weighted by Crippen LogP contribution is -2.63. The van der Waals surface area contributed by atoms with Crippen LogP contribution in [0.5, 0.6) is 0 Å². The Morgan fingerprint density at radius 2 is 1.83 bits per heavy atom. The molecule has 0 bridgehead atoms. The van der Waals surface area contributed by atoms with Crippen molar-refractivity contribution in [3.63, 3.8) is 0 Å². The zero-order valence-electron chi connectivity index (χ0n) is 19.5. The predicted molar refractivity (Wildman–Crippen MR) is 120 cm³/mol. The third-order valence-corrected chi connectivity index (χ3v) is 11.1. The molecule has 1 fully saturated rings. The molecule has 0 amide bonds. The number of H-pyrrole nitrogens is 1. The minimum atomic E-state index is -1.94. The van der Waals surface area contributed by atoms with E-state index in [-0.39, 0.29) is 29.3 Å². The van der Waals surface area contributed by atoms with E-state index in [1.165, 1.54) is 10.8 Å². The molecule has 0 spiro atoms. The van der Waals surface area contributed by atoms with Crippen LogP contribution >= 0.6 is 0 Å². The summed E-state index contributed by atoms with van der Waals surface area (Å²) in [5.74, 6) is 0. The van der Waals surface area contributed by atoms with E-state index in [9.17, 15) is 19.8 Å². The molecular weight excluding hydrogens is 402 g/mol. The van der Waals surface area contributed by atoms with Crippen LogP contribution in [0.1, 0.15) is 59.8 Å². The van der Waals surface area contributed by atoms with Crippen molar-refractivity contribution in [3.8, 4) is 0 Å². The summed E-state index contributed by atoms with van der Waals surface area (Å²) in [4.78, 5) is 26.3. The Hall–Kier alpha value is -1.26. The summed E-state index contributed by atoms with van der Waals surface area (Å²) in [6.45, 7) is 16.7. The normalized spacial score (nSPS) is 27.5. The minimum Gasteiger partial charge on any atom is -0.394 e. The zero-order valence-corrected chi connectivity index (χ0v) is 20.7. The zero-order chi connectivity index (χ0) is 23.2. The summed E-state index contributed by atoms with van der Waals surface area (Å²) in [5.41, 5.74) is 3.25. The van der Waals surface area contributed by atoms with Crippen molar-refractivity contribution >= 4 is 8.80 Å². The smallest absolute Gasteiger partial charge is 0.330 e. The van der Waals surface area contributed by atoms with Gasteiger partial charge in [0.25, 0.3) is 5.56 Å². The molecule has 2 rings (SSSR count). The molecule has 1 aliphatic rings. The van der Waals surface area contributed by atoms with Crippen molar-refractivity contribution in [1.29, 1.82) is 0 Å². The van der Waals surface area contributed by atoms with Gasteiger partial charge in [-0.25, -0.2) is 4.79 Å². The molecule has 5 atom stereocenters. The van der Waals surface area contributed by atoms with E-state index in [0.717, 1.165) is 0 Å². The van der Waals surface area contributed by atoms with Crippen molar-refractivity contribution in [2.75, 3.05) is 6.54 Å². The molecule has 172 valence electrons. The lowest BCUT2D eigenvalue weighted by atomic mass is 9.76. The number of hydrogen-bond donors (Lipinski definition) is 4. The molecule has 2 unspecified atom stereocenters. The first-order valence-corrected chi connectivity index (χ1v) is 13.1. The highest BCUT2D eigenvalue weighted by Crippen LogP contribution is 2.50. The maximum atomic E-state index is 12.3. The monoisotopic (exact) mass is 441 g/mol. The maximum absolute atomic E-state index is 12.3. The first-order chi connectivity index (χ1) is 13.6. The number of hydrogen-bond acceptors (Lipinski definition) is 6. The Morgan fingerprint density at radius 3 is 2.30 bits per heavy atom. The van der Waals surface area contributed by atoms with Gasteiger partial charge in [-0.05, 0) is 23.3 Å². The third kappa shape index (κ3) is 4.50. The van der Waals surface area contributed by atoms with Crippen LogP contribution in [-0.4, -0.2) is 52.5 Å². The number of aromatic amines is 1. The van der Waals surface area contributed by atoms with Gasteiger partial charge in [0.2, 0.25) is 0 Å². The molecule has 2 heterocycles. The first-order valence-electron chi connectivity index (χ1n) is 10.6. The molecule has 0 saturated carbocycles. The van der Waals surface area contributed by atoms with E-state index in [2.05, 4.69) is 53.1 Å². The number of ether oxygens (including phenoxy) is 1. The second kappa shape index (κ2) is 8.35. The average molecular weight is 442 g/mol. The van der Waals surface area contributed by atoms with Crippen LogP contribution in [0.3, 0.4) is 0 Å². The molecule has 30 heavy (non-hydrogen) atoms. The van der Waals surface area contributed by atoms with Crippen LogP contribution in [0, 0.1) is 17.8 Å². The van der Waals surface area contributed by atoms with E-state index in [1.807, 2.05) is 0 Å². The van der Waals surface area contributed by atoms with Gasteiger partial charge >= 0.3 is 5.69 Å². The number of nitrogens with zero attached hydrogens (tertiary/aromatic N) is 1. The van der Waals surface area contributed by atoms with E-state index >= 15 is 0 Å². The fourth-order valence-corrected chi connectivity index (χ4v) is 10.7. The fourth-order valence-electron chi connectivity index (χ4n) is 5.82. The number of aryl methyl sites for hydroxylation is 1. The molecule has 8 nitrogen and oxygen atoms in total. The topological polar surface area (TPSA) is 131 Å². The Kier molecular flexibility index (Phi) is 6.96. The van der Waals surface area contributed by atoms with Gasteiger partial charge in [0.05, 0.1) is 20.6 Å². The number of aromatic nitrogens is 2. The van der Waals surface area contributed by atoms with Crippen LogP contribution in [0.2, 0.25) is 12.1 Å². The van der Waals surface area contributed by atoms with Crippen molar-refractivity contribution in [3.05, 3.63) is 32.6 Å². The number of nitrogens with one attached hydrogen (secondary N) is 1. The summed E-state index contributed by atoms with van der Waals surface area (Å²) in [6, 6.07) is 0. The second-order valence-corrected chi connectivity index (χ2v) is 14.0. The first kappa shape index (κ1) is 25.0. The molecule has 0 aliphatic carbocycles. The van der Waals surface area contributed by atoms with Crippen LogP contribution in [0.25, 0.3) is 0 Å². The average Bonchev–Trinajstić information content (AvgIpc) is 2.92. The van der Waals surface area contributed by atoms with E-state index < -0.39 is 43.7 Å². The van der Waals surface area contributed by atoms with Gasteiger partial charge in [-0.3, -0.25) is 14.3 Å². The lowest BCUT2D eigenvalue weighted by molar-refractivity contribution is -0.138. The standard InChI is InChI=1S/C21H39N3O5Si/c1-12-10-24(18(28)23-15(12)26)14-9-13(25)21(11-22,29-14)17(27)30(8)16(19(2,3)4)20(5,6)7/h10,13-14,16-17,25,27,30H,9,11,22H2,1-8H3,(H,23,26,28)/t13-,14+,17?,21-,30?/m0/s1. The SMILES string of the molecule is Cc1cn([C@H]2C[C@H](O)[C@@](CN)(C(O)[SiH](C)C(C(C)(C)C)C(C)(C)C)O2)c(=O)[nH]c1=O. The van der Waals surface area contributed by atoms with Gasteiger partial charge in [-0.2, -0.15) is 0 Å². The predicted octanol–water partition coefficient (Wildman–Crippen LogP) is 1.04. The molecule has 1 aromatic heterocycles. The molecule has 0 radical (unpaired) electrons. The molecule has 1 aliphatic heterocycles. The van der Waals surface area contributed by atoms with Crippen molar-refractivity contribution < 1.29 is 14.9 Å². The fraction of sp³-hybridized carbons (Fsp3) is 0.810. The van der Waals surface area contributed by atoms with E-state index in [4.69, 9.17) is 10.5 Å². The summed E-state index contributed by atoms with van der Waals surface area (Å²) in [5, 5.41) is 22.5. The van der Waals surface area contributed by atoms with E-state index in [1.54, 1.807) is 6.92 Å². The Bertz CT molecular complexity index is 855. The minimum absolute atomic E-state index is 0.0451. The molecule has 9 heteroatoms. The van der Waals surface area contributed by atoms with Gasteiger partial charge < -0.3 is 20.7 Å². The van der Waals surface area contributed by atoms with Crippen LogP contribution in [-0.2, 0) is 4.74 Å². The Morgan fingerprint density at radius 1 is 1.30 bits per heavy atom. The summed E-state index contributed by atoms with van der Waals surface area (Å²) < 4.78 is 7.45. The Balaban J connectivity index is 2.44. The highest BCUT2D eigenvalue weighted by molar-refractivity contribution is 6.61. The summed E-state index contributed by atoms with van der Waals surface area (Å²) in [7, 11) is -1.94. The number of rotatable bonds is 5. The lowest BCUT2D eigenvalue weighted by Gasteiger charge is -2.49. The highest BCUT2D eigenvalue weighted by atomic mass is 28.3. The Labute approximate surface area is 180 Å². The molecule has 1 aromatic rings. The largest absolute Gasteiger partial charge is 0.394 e. The highest BCUT2D eigenvalue weighted by Gasteiger charge is 2.57. The molecular formula is C21H39N3O5Si. The van der Waals surface area contributed by atoms with Gasteiger partial charge in [0, 0.05) is 24.7 Å². The maximum Gasteiger partial charge on any atom is 0.330 e. The van der Waals surface area contributed by atoms with Crippen molar-refractivity contribution in [1.82, 2.24) is 9.55 Å². The van der Waals surface area contributed by atoms with Gasteiger partial charge in [-0.15, -0.1) is 0 Å². The van der Waals surface area contributed by atoms with Crippen LogP contribution < -0.4 is 17.0 Å². The number of aliphatic hydroxyl groups excluding tert-OH is 2. The van der Waals surface area contributed by atoms with Crippen molar-refractivity contribution in [2.24, 2.45) is 16.6 Å². The van der Waals surface area contributed by atoms with Crippen LogP contribution in [0.4, 0.5) is 0 Å². The number of nitrogens with two attached hydrogens (primary N) is 1. The molecule has 0 aromatic carbocycles. The molecule has 1 saturated heterocycles. The van der Waals surface area contributed by atoms with Gasteiger partial charge in [0.15, 0.2) is 0 Å². The summed E-state index contributed by atoms with van der Waals surface area (Å²) >= 11 is 0. The van der Waals surface area contributed by atoms with Gasteiger partial charge in [-0.1, -0.05) is 48.1 Å². The van der Waals surface area contributed by atoms with Gasteiger partial charge in [0.1, 0.15) is 11.8 Å². The third-order valence-electron chi connectivity index (χ3n) is 6.51. The molecule has 5 N–H and O–H groups in total. The summed E-state index contributed by atoms with van der Waals surface area (Å²) in [6.07, 6.45) is -0.315. The second-order valence-electron chi connectivity index (χ2n) is 11.0. The van der Waals surface area contributed by atoms with Crippen molar-refractivity contribution in [2.45, 2.75) is 90.6 Å². The quantitative estimate of drug-likeness (QED) is 0.505. The van der Waals surface area contributed by atoms with Crippen LogP contribution in [0.15, 0.2) is 15.8 Å².